The van der Waals surface area contributed by atoms with Crippen molar-refractivity contribution in [3.63, 3.8) is 0 Å². The summed E-state index contributed by atoms with van der Waals surface area (Å²) in [7, 11) is -6.46. The highest BCUT2D eigenvalue weighted by atomic mass is 31.2. The molecule has 0 aliphatic rings. The molecule has 0 N–H and O–H groups in total. The van der Waals surface area contributed by atoms with Crippen LogP contribution in [0.2, 0.25) is 0 Å². The van der Waals surface area contributed by atoms with Gasteiger partial charge in [-0.3, -0.25) is 4.57 Å². The van der Waals surface area contributed by atoms with Gasteiger partial charge < -0.3 is 22.3 Å². The van der Waals surface area contributed by atoms with Crippen LogP contribution in [0.3, 0.4) is 0 Å². The highest BCUT2D eigenvalue weighted by molar-refractivity contribution is 7.57. The Morgan fingerprint density at radius 1 is 0.800 bits per heavy atom. The lowest BCUT2D eigenvalue weighted by atomic mass is 10.9. The first-order valence-corrected chi connectivity index (χ1v) is 10.7. The first kappa shape index (κ1) is 20.2. The summed E-state index contributed by atoms with van der Waals surface area (Å²) < 4.78 is 41.1. The smallest absolute Gasteiger partial charge is 0.373 e. The Morgan fingerprint density at radius 3 is 1.40 bits per heavy atom. The first-order valence-electron chi connectivity index (χ1n) is 7.26. The molecule has 1 unspecified atom stereocenters. The number of rotatable bonds is 12. The van der Waals surface area contributed by atoms with Crippen molar-refractivity contribution < 1.29 is 26.9 Å². The summed E-state index contributed by atoms with van der Waals surface area (Å²) in [5.74, 6) is 0. The molecule has 0 saturated carbocycles. The molecule has 0 aliphatic carbocycles. The maximum absolute atomic E-state index is 12.9. The van der Waals surface area contributed by atoms with Gasteiger partial charge >= 0.3 is 16.4 Å². The SMILES string of the molecule is CCO[Si](OCC)(OCC)C(C)P(=O)(OCC)OCC. The van der Waals surface area contributed by atoms with Gasteiger partial charge in [-0.2, -0.15) is 0 Å². The van der Waals surface area contributed by atoms with Crippen LogP contribution in [0.15, 0.2) is 0 Å². The molecule has 0 aliphatic heterocycles. The summed E-state index contributed by atoms with van der Waals surface area (Å²) in [5, 5.41) is -0.560. The molecule has 0 fully saturated rings. The van der Waals surface area contributed by atoms with Gasteiger partial charge in [0, 0.05) is 19.8 Å². The third-order valence-electron chi connectivity index (χ3n) is 2.64. The fraction of sp³-hybridized carbons (Fsp3) is 1.00. The molecule has 0 heterocycles. The zero-order valence-electron chi connectivity index (χ0n) is 13.5. The second-order valence-electron chi connectivity index (χ2n) is 3.95. The van der Waals surface area contributed by atoms with Gasteiger partial charge in [0.2, 0.25) is 0 Å². The van der Waals surface area contributed by atoms with E-state index >= 15 is 0 Å². The van der Waals surface area contributed by atoms with Crippen LogP contribution >= 0.6 is 7.60 Å². The molecule has 8 heteroatoms. The molecular formula is C12H29O6PSi. The minimum atomic E-state index is -3.33. The highest BCUT2D eigenvalue weighted by Gasteiger charge is 2.57. The van der Waals surface area contributed by atoms with Crippen LogP contribution in [-0.2, 0) is 26.9 Å². The summed E-state index contributed by atoms with van der Waals surface area (Å²) in [4.78, 5) is 0. The van der Waals surface area contributed by atoms with Crippen LogP contribution in [0, 0.1) is 0 Å². The molecule has 0 saturated heterocycles. The largest absolute Gasteiger partial charge is 0.516 e. The van der Waals surface area contributed by atoms with Crippen LogP contribution in [0.25, 0.3) is 0 Å². The van der Waals surface area contributed by atoms with E-state index < -0.39 is 21.7 Å². The predicted molar refractivity (Wildman–Crippen MR) is 81.0 cm³/mol. The molecule has 0 aromatic heterocycles. The fourth-order valence-electron chi connectivity index (χ4n) is 1.90. The monoisotopic (exact) mass is 328 g/mol. The zero-order chi connectivity index (χ0) is 15.6. The zero-order valence-corrected chi connectivity index (χ0v) is 15.4. The Balaban J connectivity index is 5.43. The Labute approximate surface area is 124 Å². The molecule has 0 spiro atoms. The van der Waals surface area contributed by atoms with E-state index in [4.69, 9.17) is 22.3 Å². The maximum Gasteiger partial charge on any atom is 0.516 e. The molecule has 0 amide bonds. The molecular weight excluding hydrogens is 299 g/mol. The van der Waals surface area contributed by atoms with Gasteiger partial charge in [-0.25, -0.2) is 0 Å². The fourth-order valence-corrected chi connectivity index (χ4v) is 7.99. The van der Waals surface area contributed by atoms with E-state index in [2.05, 4.69) is 0 Å². The molecule has 0 aromatic rings. The summed E-state index contributed by atoms with van der Waals surface area (Å²) in [5.41, 5.74) is 0. The Kier molecular flexibility index (Phi) is 10.2. The predicted octanol–water partition coefficient (Wildman–Crippen LogP) is 3.23. The second kappa shape index (κ2) is 10.1. The van der Waals surface area contributed by atoms with E-state index in [-0.39, 0.29) is 0 Å². The van der Waals surface area contributed by atoms with Crippen LogP contribution in [0.1, 0.15) is 41.5 Å². The van der Waals surface area contributed by atoms with E-state index in [9.17, 15) is 4.57 Å². The highest BCUT2D eigenvalue weighted by Crippen LogP contribution is 2.56. The topological polar surface area (TPSA) is 63.2 Å². The summed E-state index contributed by atoms with van der Waals surface area (Å²) in [6, 6.07) is 0. The average Bonchev–Trinajstić information content (AvgIpc) is 2.39. The first-order chi connectivity index (χ1) is 9.46. The molecule has 0 rings (SSSR count). The van der Waals surface area contributed by atoms with E-state index in [1.807, 2.05) is 20.8 Å². The van der Waals surface area contributed by atoms with Gasteiger partial charge in [0.05, 0.1) is 13.2 Å². The summed E-state index contributed by atoms with van der Waals surface area (Å²) >= 11 is 0. The third kappa shape index (κ3) is 5.22. The minimum Gasteiger partial charge on any atom is -0.373 e. The maximum atomic E-state index is 12.9. The third-order valence-corrected chi connectivity index (χ3v) is 9.82. The minimum absolute atomic E-state index is 0.302. The molecule has 6 nitrogen and oxygen atoms in total. The van der Waals surface area contributed by atoms with Crippen molar-refractivity contribution in [2.45, 2.75) is 46.8 Å². The van der Waals surface area contributed by atoms with Crippen molar-refractivity contribution in [3.05, 3.63) is 0 Å². The van der Waals surface area contributed by atoms with Gasteiger partial charge in [0.1, 0.15) is 5.28 Å². The lowest BCUT2D eigenvalue weighted by Crippen LogP contribution is -2.55. The van der Waals surface area contributed by atoms with Crippen molar-refractivity contribution in [2.24, 2.45) is 0 Å². The van der Waals surface area contributed by atoms with Crippen LogP contribution in [0.4, 0.5) is 0 Å². The van der Waals surface area contributed by atoms with Crippen molar-refractivity contribution >= 4 is 16.4 Å². The molecule has 0 aromatic carbocycles. The Morgan fingerprint density at radius 2 is 1.15 bits per heavy atom. The Hall–Kier alpha value is 0.247. The van der Waals surface area contributed by atoms with Gasteiger partial charge in [-0.05, 0) is 41.5 Å². The van der Waals surface area contributed by atoms with Crippen LogP contribution in [-0.4, -0.2) is 47.1 Å². The number of hydrogen-bond donors (Lipinski definition) is 0. The second-order valence-corrected chi connectivity index (χ2v) is 9.75. The standard InChI is InChI=1S/C12H29O6PSi/c1-7-14-19(13,15-8-2)12(6)20(16-9-3,17-10-4)18-11-5/h12H,7-11H2,1-6H3. The van der Waals surface area contributed by atoms with Gasteiger partial charge in [-0.15, -0.1) is 0 Å². The van der Waals surface area contributed by atoms with Crippen LogP contribution < -0.4 is 0 Å². The quantitative estimate of drug-likeness (QED) is 0.405. The van der Waals surface area contributed by atoms with Gasteiger partial charge in [0.15, 0.2) is 0 Å². The van der Waals surface area contributed by atoms with E-state index in [1.54, 1.807) is 20.8 Å². The molecule has 122 valence electrons. The van der Waals surface area contributed by atoms with E-state index in [1.165, 1.54) is 0 Å². The van der Waals surface area contributed by atoms with Crippen molar-refractivity contribution in [3.8, 4) is 0 Å². The van der Waals surface area contributed by atoms with Crippen molar-refractivity contribution in [1.82, 2.24) is 0 Å². The Bertz CT molecular complexity index is 275. The van der Waals surface area contributed by atoms with Gasteiger partial charge in [0.25, 0.3) is 0 Å². The summed E-state index contributed by atoms with van der Waals surface area (Å²) in [6.45, 7) is 12.8. The van der Waals surface area contributed by atoms with Gasteiger partial charge in [-0.1, -0.05) is 0 Å². The lowest BCUT2D eigenvalue weighted by molar-refractivity contribution is 0.0661. The molecule has 0 radical (unpaired) electrons. The molecule has 1 atom stereocenters. The van der Waals surface area contributed by atoms with Crippen LogP contribution in [0.5, 0.6) is 0 Å². The molecule has 0 bridgehead atoms. The normalized spacial score (nSPS) is 14.5. The van der Waals surface area contributed by atoms with E-state index in [0.29, 0.717) is 33.0 Å². The van der Waals surface area contributed by atoms with Crippen molar-refractivity contribution in [2.75, 3.05) is 33.0 Å². The average molecular weight is 328 g/mol. The summed E-state index contributed by atoms with van der Waals surface area (Å²) in [6.07, 6.45) is 0. The number of hydrogen-bond acceptors (Lipinski definition) is 6. The van der Waals surface area contributed by atoms with E-state index in [0.717, 1.165) is 0 Å². The lowest BCUT2D eigenvalue weighted by Gasteiger charge is -2.36. The van der Waals surface area contributed by atoms with Crippen molar-refractivity contribution in [1.29, 1.82) is 0 Å². The molecule has 20 heavy (non-hydrogen) atoms.